The van der Waals surface area contributed by atoms with Crippen molar-refractivity contribution in [1.29, 1.82) is 10.7 Å². The topological polar surface area (TPSA) is 146 Å². The molecule has 9 heteroatoms. The van der Waals surface area contributed by atoms with Gasteiger partial charge in [0.25, 0.3) is 0 Å². The minimum Gasteiger partial charge on any atom is -0.465 e. The van der Waals surface area contributed by atoms with Gasteiger partial charge in [-0.3, -0.25) is 10.8 Å². The maximum atomic E-state index is 11.5. The molecule has 0 saturated heterocycles. The van der Waals surface area contributed by atoms with Crippen LogP contribution in [-0.2, 0) is 4.74 Å². The molecule has 126 valence electrons. The summed E-state index contributed by atoms with van der Waals surface area (Å²) >= 11 is 0. The van der Waals surface area contributed by atoms with E-state index in [-0.39, 0.29) is 11.6 Å². The van der Waals surface area contributed by atoms with E-state index in [1.165, 1.54) is 25.4 Å². The third-order valence-electron chi connectivity index (χ3n) is 2.87. The summed E-state index contributed by atoms with van der Waals surface area (Å²) in [6, 6.07) is 11.3. The molecule has 1 aromatic carbocycles. The lowest BCUT2D eigenvalue weighted by Gasteiger charge is -2.07. The first-order chi connectivity index (χ1) is 12.0. The molecular formula is C16H14N6O3. The molecule has 0 fully saturated rings. The summed E-state index contributed by atoms with van der Waals surface area (Å²) in [5.74, 6) is -0.294. The maximum Gasteiger partial charge on any atom is 0.338 e. The summed E-state index contributed by atoms with van der Waals surface area (Å²) in [6.45, 7) is 0. The van der Waals surface area contributed by atoms with E-state index in [1.807, 2.05) is 0 Å². The van der Waals surface area contributed by atoms with E-state index in [0.717, 1.165) is 0 Å². The lowest BCUT2D eigenvalue weighted by molar-refractivity contribution is 0.0600. The lowest BCUT2D eigenvalue weighted by Crippen LogP contribution is -2.21. The number of nitrogens with zero attached hydrogens (tertiary/aromatic N) is 3. The van der Waals surface area contributed by atoms with Gasteiger partial charge < -0.3 is 15.2 Å². The van der Waals surface area contributed by atoms with Crippen LogP contribution in [0, 0.1) is 16.7 Å². The van der Waals surface area contributed by atoms with Crippen molar-refractivity contribution in [3.05, 3.63) is 48.2 Å². The van der Waals surface area contributed by atoms with Crippen LogP contribution in [0.2, 0.25) is 0 Å². The highest BCUT2D eigenvalue weighted by atomic mass is 16.5. The zero-order valence-electron chi connectivity index (χ0n) is 13.2. The third kappa shape index (κ3) is 4.77. The van der Waals surface area contributed by atoms with Crippen molar-refractivity contribution in [2.45, 2.75) is 0 Å². The van der Waals surface area contributed by atoms with Crippen LogP contribution < -0.4 is 15.9 Å². The molecule has 2 rings (SSSR count). The standard InChI is InChI=1S/C16H14N6O3/c1-24-16(23)10-5-6-20-14(7-10)25-12-4-2-3-11(8-12)21-22-13(9-17)15(18)19/h2-8,21H,1H3,(H3,18,19)/b22-13+. The Bertz CT molecular complexity index is 872. The number of amidine groups is 1. The molecule has 25 heavy (non-hydrogen) atoms. The average molecular weight is 338 g/mol. The van der Waals surface area contributed by atoms with Gasteiger partial charge in [0.1, 0.15) is 11.8 Å². The molecule has 0 spiro atoms. The number of esters is 1. The van der Waals surface area contributed by atoms with Crippen LogP contribution in [0.5, 0.6) is 11.6 Å². The fourth-order valence-electron chi connectivity index (χ4n) is 1.73. The number of hydrogen-bond donors (Lipinski definition) is 3. The van der Waals surface area contributed by atoms with Crippen molar-refractivity contribution in [3.63, 3.8) is 0 Å². The van der Waals surface area contributed by atoms with Gasteiger partial charge in [0.15, 0.2) is 5.84 Å². The first kappa shape index (κ1) is 17.4. The molecule has 2 aromatic rings. The van der Waals surface area contributed by atoms with Crippen molar-refractivity contribution < 1.29 is 14.3 Å². The number of benzene rings is 1. The Kier molecular flexibility index (Phi) is 5.63. The van der Waals surface area contributed by atoms with E-state index < -0.39 is 11.8 Å². The predicted molar refractivity (Wildman–Crippen MR) is 90.7 cm³/mol. The van der Waals surface area contributed by atoms with E-state index in [0.29, 0.717) is 17.0 Å². The van der Waals surface area contributed by atoms with Crippen LogP contribution in [0.3, 0.4) is 0 Å². The number of rotatable bonds is 6. The molecular weight excluding hydrogens is 324 g/mol. The summed E-state index contributed by atoms with van der Waals surface area (Å²) in [4.78, 5) is 15.5. The highest BCUT2D eigenvalue weighted by Crippen LogP contribution is 2.23. The number of carbonyl (C=O) groups excluding carboxylic acids is 1. The first-order valence-corrected chi connectivity index (χ1v) is 6.94. The Morgan fingerprint density at radius 1 is 1.40 bits per heavy atom. The number of anilines is 1. The third-order valence-corrected chi connectivity index (χ3v) is 2.87. The molecule has 1 aromatic heterocycles. The number of ether oxygens (including phenoxy) is 2. The summed E-state index contributed by atoms with van der Waals surface area (Å²) in [6.07, 6.45) is 1.43. The van der Waals surface area contributed by atoms with Crippen LogP contribution in [0.4, 0.5) is 5.69 Å². The molecule has 1 heterocycles. The molecule has 9 nitrogen and oxygen atoms in total. The largest absolute Gasteiger partial charge is 0.465 e. The van der Waals surface area contributed by atoms with Crippen molar-refractivity contribution in [2.75, 3.05) is 12.5 Å². The van der Waals surface area contributed by atoms with E-state index in [2.05, 4.69) is 20.2 Å². The minimum atomic E-state index is -0.495. The van der Waals surface area contributed by atoms with Gasteiger partial charge in [-0.1, -0.05) is 6.07 Å². The Balaban J connectivity index is 2.16. The molecule has 0 saturated carbocycles. The van der Waals surface area contributed by atoms with Gasteiger partial charge >= 0.3 is 5.97 Å². The minimum absolute atomic E-state index is 0.213. The van der Waals surface area contributed by atoms with Crippen LogP contribution >= 0.6 is 0 Å². The van der Waals surface area contributed by atoms with Crippen LogP contribution in [-0.4, -0.2) is 29.6 Å². The summed E-state index contributed by atoms with van der Waals surface area (Å²) in [5.41, 5.74) is 8.41. The number of nitriles is 1. The normalized spacial score (nSPS) is 10.5. The van der Waals surface area contributed by atoms with Crippen LogP contribution in [0.15, 0.2) is 47.7 Å². The van der Waals surface area contributed by atoms with Crippen LogP contribution in [0.1, 0.15) is 10.4 Å². The van der Waals surface area contributed by atoms with E-state index >= 15 is 0 Å². The number of nitrogens with one attached hydrogen (secondary N) is 2. The number of aromatic nitrogens is 1. The van der Waals surface area contributed by atoms with Gasteiger partial charge in [-0.15, -0.1) is 0 Å². The van der Waals surface area contributed by atoms with Crippen molar-refractivity contribution in [1.82, 2.24) is 4.98 Å². The quantitative estimate of drug-likeness (QED) is 0.315. The number of methoxy groups -OCH3 is 1. The molecule has 0 unspecified atom stereocenters. The monoisotopic (exact) mass is 338 g/mol. The second kappa shape index (κ2) is 8.07. The van der Waals surface area contributed by atoms with Gasteiger partial charge in [0.2, 0.25) is 11.6 Å². The Morgan fingerprint density at radius 2 is 2.20 bits per heavy atom. The zero-order chi connectivity index (χ0) is 18.2. The number of hydrogen-bond acceptors (Lipinski definition) is 8. The second-order valence-electron chi connectivity index (χ2n) is 4.60. The predicted octanol–water partition coefficient (Wildman–Crippen LogP) is 1.89. The number of carbonyl (C=O) groups is 1. The van der Waals surface area contributed by atoms with Crippen molar-refractivity contribution in [3.8, 4) is 17.7 Å². The SMILES string of the molecule is COC(=O)c1ccnc(Oc2cccc(N/N=C(\C#N)C(=N)N)c2)c1. The molecule has 0 aliphatic heterocycles. The average Bonchev–Trinajstić information content (AvgIpc) is 2.62. The number of nitrogens with two attached hydrogens (primary N) is 1. The molecule has 0 atom stereocenters. The highest BCUT2D eigenvalue weighted by Gasteiger charge is 2.08. The molecule has 0 radical (unpaired) electrons. The van der Waals surface area contributed by atoms with Gasteiger partial charge in [-0.2, -0.15) is 10.4 Å². The molecule has 0 aliphatic rings. The van der Waals surface area contributed by atoms with Crippen LogP contribution in [0.25, 0.3) is 0 Å². The summed E-state index contributed by atoms with van der Waals surface area (Å²) in [7, 11) is 1.29. The lowest BCUT2D eigenvalue weighted by atomic mass is 10.2. The second-order valence-corrected chi connectivity index (χ2v) is 4.60. The maximum absolute atomic E-state index is 11.5. The first-order valence-electron chi connectivity index (χ1n) is 6.94. The zero-order valence-corrected chi connectivity index (χ0v) is 13.2. The highest BCUT2D eigenvalue weighted by molar-refractivity contribution is 6.45. The number of pyridine rings is 1. The molecule has 0 amide bonds. The molecule has 0 aliphatic carbocycles. The van der Waals surface area contributed by atoms with E-state index in [1.54, 1.807) is 30.3 Å². The Morgan fingerprint density at radius 3 is 2.88 bits per heavy atom. The van der Waals surface area contributed by atoms with Gasteiger partial charge in [-0.25, -0.2) is 9.78 Å². The van der Waals surface area contributed by atoms with E-state index in [9.17, 15) is 4.79 Å². The Labute approximate surface area is 143 Å². The number of hydrazone groups is 1. The fraction of sp³-hybridized carbons (Fsp3) is 0.0625. The fourth-order valence-corrected chi connectivity index (χ4v) is 1.73. The Hall–Kier alpha value is -3.93. The summed E-state index contributed by atoms with van der Waals surface area (Å²) < 4.78 is 10.2. The molecule has 0 bridgehead atoms. The van der Waals surface area contributed by atoms with Gasteiger partial charge in [0, 0.05) is 18.3 Å². The van der Waals surface area contributed by atoms with Gasteiger partial charge in [0.05, 0.1) is 18.4 Å². The van der Waals surface area contributed by atoms with Gasteiger partial charge in [-0.05, 0) is 18.2 Å². The summed E-state index contributed by atoms with van der Waals surface area (Å²) in [5, 5.41) is 19.7. The van der Waals surface area contributed by atoms with E-state index in [4.69, 9.17) is 21.1 Å². The smallest absolute Gasteiger partial charge is 0.338 e. The van der Waals surface area contributed by atoms with Crippen molar-refractivity contribution >= 4 is 23.2 Å². The molecule has 4 N–H and O–H groups in total. The van der Waals surface area contributed by atoms with Crippen molar-refractivity contribution in [2.24, 2.45) is 10.8 Å².